The molecule has 0 saturated heterocycles. The number of carbonyl (C=O) groups excluding carboxylic acids is 2. The molecule has 0 N–H and O–H groups in total. The first-order valence-electron chi connectivity index (χ1n) is 13.3. The van der Waals surface area contributed by atoms with Gasteiger partial charge in [0.15, 0.2) is 11.7 Å². The number of fused-ring (bicyclic) bond motifs is 1. The molecule has 0 amide bonds. The summed E-state index contributed by atoms with van der Waals surface area (Å²) in [5.41, 5.74) is 3.33. The lowest BCUT2D eigenvalue weighted by molar-refractivity contribution is -0.158. The lowest BCUT2D eigenvalue weighted by Gasteiger charge is -2.50. The molecular weight excluding hydrogens is 488 g/mol. The van der Waals surface area contributed by atoms with Gasteiger partial charge >= 0.3 is 11.9 Å². The fourth-order valence-corrected chi connectivity index (χ4v) is 5.65. The van der Waals surface area contributed by atoms with Crippen molar-refractivity contribution in [1.82, 2.24) is 0 Å². The molecule has 198 valence electrons. The van der Waals surface area contributed by atoms with E-state index >= 15 is 0 Å². The summed E-state index contributed by atoms with van der Waals surface area (Å²) in [4.78, 5) is 27.1. The zero-order chi connectivity index (χ0) is 27.4. The van der Waals surface area contributed by atoms with Gasteiger partial charge in [-0.25, -0.2) is 9.59 Å². The van der Waals surface area contributed by atoms with Gasteiger partial charge in [0.2, 0.25) is 0 Å². The quantitative estimate of drug-likeness (QED) is 0.250. The molecule has 0 saturated carbocycles. The summed E-state index contributed by atoms with van der Waals surface area (Å²) in [7, 11) is 0. The summed E-state index contributed by atoms with van der Waals surface area (Å²) >= 11 is 0. The second-order valence-electron chi connectivity index (χ2n) is 9.79. The Morgan fingerprint density at radius 3 is 1.79 bits per heavy atom. The number of aryl methyl sites for hydroxylation is 1. The molecule has 0 radical (unpaired) electrons. The van der Waals surface area contributed by atoms with Crippen LogP contribution in [0.3, 0.4) is 0 Å². The summed E-state index contributed by atoms with van der Waals surface area (Å²) in [6.45, 7) is 6.27. The van der Waals surface area contributed by atoms with Gasteiger partial charge in [-0.2, -0.15) is 0 Å². The highest BCUT2D eigenvalue weighted by atomic mass is 16.6. The van der Waals surface area contributed by atoms with Crippen LogP contribution >= 0.6 is 0 Å². The predicted octanol–water partition coefficient (Wildman–Crippen LogP) is 6.84. The van der Waals surface area contributed by atoms with Crippen molar-refractivity contribution in [1.29, 1.82) is 0 Å². The van der Waals surface area contributed by atoms with Crippen LogP contribution in [0.5, 0.6) is 0 Å². The van der Waals surface area contributed by atoms with Crippen molar-refractivity contribution in [3.8, 4) is 0 Å². The number of ether oxygens (including phenoxy) is 3. The maximum Gasteiger partial charge on any atom is 0.338 e. The minimum absolute atomic E-state index is 0.278. The second-order valence-corrected chi connectivity index (χ2v) is 9.79. The summed E-state index contributed by atoms with van der Waals surface area (Å²) in [5.74, 6) is -1.27. The van der Waals surface area contributed by atoms with Crippen molar-refractivity contribution in [2.45, 2.75) is 44.5 Å². The lowest BCUT2D eigenvalue weighted by atomic mass is 9.67. The van der Waals surface area contributed by atoms with Crippen LogP contribution in [0.2, 0.25) is 0 Å². The smallest absolute Gasteiger partial charge is 0.338 e. The molecule has 5 nitrogen and oxygen atoms in total. The third-order valence-electron chi connectivity index (χ3n) is 7.46. The molecule has 5 heteroatoms. The molecule has 1 aliphatic rings. The summed E-state index contributed by atoms with van der Waals surface area (Å²) < 4.78 is 19.4. The van der Waals surface area contributed by atoms with Gasteiger partial charge in [0.05, 0.1) is 11.1 Å². The van der Waals surface area contributed by atoms with E-state index in [9.17, 15) is 9.59 Å². The Morgan fingerprint density at radius 1 is 0.692 bits per heavy atom. The van der Waals surface area contributed by atoms with Crippen LogP contribution in [0.15, 0.2) is 109 Å². The Balaban J connectivity index is 1.73. The molecule has 0 heterocycles. The number of hydrogen-bond acceptors (Lipinski definition) is 5. The SMILES string of the molecule is CCOC1(c2ccccc2C)c2ccccc2C(C)C(OC(=O)c2ccccc2)C1OC(=O)c1ccccc1. The summed E-state index contributed by atoms with van der Waals surface area (Å²) in [6.07, 6.45) is -1.80. The van der Waals surface area contributed by atoms with Crippen LogP contribution in [-0.4, -0.2) is 30.8 Å². The molecular formula is C34H32O5. The van der Waals surface area contributed by atoms with Gasteiger partial charge in [0.25, 0.3) is 0 Å². The molecule has 4 atom stereocenters. The maximum atomic E-state index is 13.6. The minimum atomic E-state index is -1.21. The third kappa shape index (κ3) is 4.86. The zero-order valence-corrected chi connectivity index (χ0v) is 22.4. The van der Waals surface area contributed by atoms with Gasteiger partial charge in [0, 0.05) is 12.5 Å². The molecule has 39 heavy (non-hydrogen) atoms. The second kappa shape index (κ2) is 11.3. The van der Waals surface area contributed by atoms with Crippen LogP contribution < -0.4 is 0 Å². The first kappa shape index (κ1) is 26.4. The van der Waals surface area contributed by atoms with Gasteiger partial charge in [0.1, 0.15) is 6.10 Å². The van der Waals surface area contributed by atoms with E-state index in [2.05, 4.69) is 0 Å². The van der Waals surface area contributed by atoms with Crippen LogP contribution in [0.25, 0.3) is 0 Å². The van der Waals surface area contributed by atoms with E-state index in [1.54, 1.807) is 48.5 Å². The van der Waals surface area contributed by atoms with Gasteiger partial charge in [-0.3, -0.25) is 0 Å². The van der Waals surface area contributed by atoms with Crippen molar-refractivity contribution < 1.29 is 23.8 Å². The van der Waals surface area contributed by atoms with E-state index in [0.717, 1.165) is 22.3 Å². The molecule has 0 aliphatic heterocycles. The average molecular weight is 521 g/mol. The monoisotopic (exact) mass is 520 g/mol. The number of rotatable bonds is 7. The normalized spacial score (nSPS) is 22.0. The van der Waals surface area contributed by atoms with Crippen molar-refractivity contribution >= 4 is 11.9 Å². The number of benzene rings is 4. The Labute approximate surface area is 229 Å². The zero-order valence-electron chi connectivity index (χ0n) is 22.4. The highest BCUT2D eigenvalue weighted by Crippen LogP contribution is 2.51. The van der Waals surface area contributed by atoms with Crippen molar-refractivity contribution in [2.75, 3.05) is 6.61 Å². The first-order valence-corrected chi connectivity index (χ1v) is 13.3. The fraction of sp³-hybridized carbons (Fsp3) is 0.235. The highest BCUT2D eigenvalue weighted by Gasteiger charge is 2.57. The van der Waals surface area contributed by atoms with Crippen LogP contribution in [0, 0.1) is 6.92 Å². The Morgan fingerprint density at radius 2 is 1.21 bits per heavy atom. The Hall–Kier alpha value is -4.22. The lowest BCUT2D eigenvalue weighted by Crippen LogP contribution is -2.58. The van der Waals surface area contributed by atoms with Gasteiger partial charge in [-0.15, -0.1) is 0 Å². The van der Waals surface area contributed by atoms with E-state index in [-0.39, 0.29) is 5.92 Å². The molecule has 4 aromatic carbocycles. The standard InChI is InChI=1S/C34H32O5/c1-4-37-34(28-21-13-11-15-23(28)2)29-22-14-12-20-27(29)24(3)30(38-32(35)25-16-7-5-8-17-25)31(34)39-33(36)26-18-9-6-10-19-26/h5-22,24,30-31H,4H2,1-3H3. The highest BCUT2D eigenvalue weighted by molar-refractivity contribution is 5.90. The molecule has 0 bridgehead atoms. The molecule has 1 aliphatic carbocycles. The summed E-state index contributed by atoms with van der Waals surface area (Å²) in [5, 5.41) is 0. The number of carbonyl (C=O) groups is 2. The minimum Gasteiger partial charge on any atom is -0.454 e. The molecule has 0 aromatic heterocycles. The van der Waals surface area contributed by atoms with Crippen molar-refractivity contribution in [3.63, 3.8) is 0 Å². The summed E-state index contributed by atoms with van der Waals surface area (Å²) in [6, 6.07) is 33.6. The van der Waals surface area contributed by atoms with E-state index in [4.69, 9.17) is 14.2 Å². The van der Waals surface area contributed by atoms with E-state index in [0.29, 0.717) is 17.7 Å². The predicted molar refractivity (Wildman–Crippen MR) is 150 cm³/mol. The molecule has 4 aromatic rings. The third-order valence-corrected chi connectivity index (χ3v) is 7.46. The van der Waals surface area contributed by atoms with Crippen molar-refractivity contribution in [3.05, 3.63) is 143 Å². The Kier molecular flexibility index (Phi) is 7.62. The first-order chi connectivity index (χ1) is 19.0. The van der Waals surface area contributed by atoms with E-state index < -0.39 is 29.7 Å². The molecule has 0 fully saturated rings. The Bertz CT molecular complexity index is 1450. The molecule has 4 unspecified atom stereocenters. The van der Waals surface area contributed by atoms with Crippen LogP contribution in [0.1, 0.15) is 62.7 Å². The van der Waals surface area contributed by atoms with Crippen LogP contribution in [-0.2, 0) is 19.8 Å². The van der Waals surface area contributed by atoms with E-state index in [1.807, 2.05) is 81.4 Å². The topological polar surface area (TPSA) is 61.8 Å². The number of esters is 2. The molecule has 5 rings (SSSR count). The van der Waals surface area contributed by atoms with E-state index in [1.165, 1.54) is 0 Å². The largest absolute Gasteiger partial charge is 0.454 e. The fourth-order valence-electron chi connectivity index (χ4n) is 5.65. The van der Waals surface area contributed by atoms with Gasteiger partial charge < -0.3 is 14.2 Å². The maximum absolute atomic E-state index is 13.6. The van der Waals surface area contributed by atoms with Gasteiger partial charge in [-0.05, 0) is 60.4 Å². The van der Waals surface area contributed by atoms with Crippen molar-refractivity contribution in [2.24, 2.45) is 0 Å². The average Bonchev–Trinajstić information content (AvgIpc) is 2.98. The van der Waals surface area contributed by atoms with Crippen LogP contribution in [0.4, 0.5) is 0 Å². The number of hydrogen-bond donors (Lipinski definition) is 0. The molecule has 0 spiro atoms. The van der Waals surface area contributed by atoms with Gasteiger partial charge in [-0.1, -0.05) is 91.9 Å².